The first kappa shape index (κ1) is 14.7. The molecule has 4 rings (SSSR count). The molecule has 0 unspecified atom stereocenters. The highest BCUT2D eigenvalue weighted by Gasteiger charge is 2.30. The number of esters is 1. The van der Waals surface area contributed by atoms with E-state index >= 15 is 0 Å². The fraction of sp³-hybridized carbons (Fsp3) is 0.400. The summed E-state index contributed by atoms with van der Waals surface area (Å²) in [6.07, 6.45) is 2.08. The number of hydrogen-bond donors (Lipinski definition) is 0. The maximum atomic E-state index is 12.7. The first-order valence-corrected chi connectivity index (χ1v) is 8.65. The van der Waals surface area contributed by atoms with Gasteiger partial charge in [0, 0.05) is 11.3 Å². The van der Waals surface area contributed by atoms with Gasteiger partial charge in [-0.25, -0.2) is 4.68 Å². The molecule has 6 nitrogen and oxygen atoms in total. The van der Waals surface area contributed by atoms with Gasteiger partial charge >= 0.3 is 5.97 Å². The monoisotopic (exact) mass is 351 g/mol. The van der Waals surface area contributed by atoms with E-state index in [9.17, 15) is 9.59 Å². The summed E-state index contributed by atoms with van der Waals surface area (Å²) < 4.78 is 8.72. The van der Waals surface area contributed by atoms with Crippen molar-refractivity contribution in [3.8, 4) is 0 Å². The van der Waals surface area contributed by atoms with Crippen molar-refractivity contribution in [3.63, 3.8) is 0 Å². The van der Waals surface area contributed by atoms with Gasteiger partial charge in [0.1, 0.15) is 22.7 Å². The molecule has 0 saturated heterocycles. The van der Waals surface area contributed by atoms with Crippen molar-refractivity contribution in [1.82, 2.24) is 14.2 Å². The van der Waals surface area contributed by atoms with Crippen LogP contribution in [0.15, 0.2) is 16.9 Å². The van der Waals surface area contributed by atoms with Gasteiger partial charge < -0.3 is 4.74 Å². The lowest BCUT2D eigenvalue weighted by molar-refractivity contribution is -0.144. The Bertz CT molecular complexity index is 983. The first-order valence-electron chi connectivity index (χ1n) is 7.45. The minimum Gasteiger partial charge on any atom is -0.465 e. The lowest BCUT2D eigenvalue weighted by atomic mass is 10.4. The zero-order valence-corrected chi connectivity index (χ0v) is 14.0. The van der Waals surface area contributed by atoms with Crippen LogP contribution in [-0.2, 0) is 16.1 Å². The third kappa shape index (κ3) is 2.44. The van der Waals surface area contributed by atoms with Crippen molar-refractivity contribution in [3.05, 3.63) is 32.6 Å². The largest absolute Gasteiger partial charge is 0.465 e. The number of rotatable bonds is 4. The second kappa shape index (κ2) is 5.35. The van der Waals surface area contributed by atoms with Crippen molar-refractivity contribution in [2.24, 2.45) is 0 Å². The topological polar surface area (TPSA) is 65.6 Å². The number of carbonyl (C=O) groups excluding carboxylic acids is 1. The molecule has 120 valence electrons. The van der Waals surface area contributed by atoms with Crippen LogP contribution in [-0.4, -0.2) is 26.8 Å². The molecule has 1 aliphatic carbocycles. The van der Waals surface area contributed by atoms with Crippen LogP contribution in [0.1, 0.15) is 31.5 Å². The summed E-state index contributed by atoms with van der Waals surface area (Å²) in [5.41, 5.74) is 0.242. The molecule has 1 saturated carbocycles. The highest BCUT2D eigenvalue weighted by Crippen LogP contribution is 2.41. The van der Waals surface area contributed by atoms with E-state index < -0.39 is 5.97 Å². The summed E-state index contributed by atoms with van der Waals surface area (Å²) in [7, 11) is 0. The van der Waals surface area contributed by atoms with Crippen molar-refractivity contribution >= 4 is 44.6 Å². The summed E-state index contributed by atoms with van der Waals surface area (Å²) in [6.45, 7) is 1.85. The lowest BCUT2D eigenvalue weighted by Gasteiger charge is -2.09. The van der Waals surface area contributed by atoms with Crippen LogP contribution >= 0.6 is 22.9 Å². The Hall–Kier alpha value is -1.86. The van der Waals surface area contributed by atoms with Gasteiger partial charge in [-0.2, -0.15) is 5.10 Å². The van der Waals surface area contributed by atoms with E-state index in [0.717, 1.165) is 28.9 Å². The van der Waals surface area contributed by atoms with E-state index in [1.54, 1.807) is 6.92 Å². The smallest absolute Gasteiger partial charge is 0.327 e. The Kier molecular flexibility index (Phi) is 3.42. The average Bonchev–Trinajstić information content (AvgIpc) is 3.19. The molecule has 1 aliphatic rings. The summed E-state index contributed by atoms with van der Waals surface area (Å²) in [4.78, 5) is 25.3. The molecule has 0 spiro atoms. The van der Waals surface area contributed by atoms with Crippen LogP contribution in [0.5, 0.6) is 0 Å². The van der Waals surface area contributed by atoms with E-state index in [1.165, 1.54) is 16.0 Å². The molecule has 0 amide bonds. The molecule has 0 N–H and O–H groups in total. The fourth-order valence-electron chi connectivity index (χ4n) is 2.74. The third-order valence-electron chi connectivity index (χ3n) is 3.88. The van der Waals surface area contributed by atoms with Gasteiger partial charge in [0.15, 0.2) is 0 Å². The Morgan fingerprint density at radius 2 is 2.26 bits per heavy atom. The van der Waals surface area contributed by atoms with Crippen LogP contribution < -0.4 is 5.56 Å². The number of ether oxygens (including phenoxy) is 1. The number of thiophene rings is 1. The Balaban J connectivity index is 1.94. The maximum Gasteiger partial charge on any atom is 0.327 e. The van der Waals surface area contributed by atoms with Crippen molar-refractivity contribution in [2.45, 2.75) is 32.2 Å². The number of fused-ring (bicyclic) bond motifs is 3. The van der Waals surface area contributed by atoms with Crippen LogP contribution in [0.2, 0.25) is 4.34 Å². The Morgan fingerprint density at radius 3 is 2.96 bits per heavy atom. The second-order valence-electron chi connectivity index (χ2n) is 5.58. The van der Waals surface area contributed by atoms with E-state index in [2.05, 4.69) is 5.10 Å². The molecule has 8 heteroatoms. The van der Waals surface area contributed by atoms with Crippen LogP contribution in [0.3, 0.4) is 0 Å². The highest BCUT2D eigenvalue weighted by atomic mass is 35.5. The molecule has 3 aromatic rings. The van der Waals surface area contributed by atoms with Gasteiger partial charge in [0.05, 0.1) is 10.9 Å². The summed E-state index contributed by atoms with van der Waals surface area (Å²) in [5.74, 6) is 0.685. The molecule has 0 atom stereocenters. The molecule has 1 fully saturated rings. The Labute approximate surface area is 140 Å². The van der Waals surface area contributed by atoms with Crippen molar-refractivity contribution in [1.29, 1.82) is 0 Å². The normalized spacial score (nSPS) is 14.7. The SMILES string of the molecule is CCOC(=O)Cn1nc(C2CC2)n2c(cc3cc(Cl)sc32)c1=O. The van der Waals surface area contributed by atoms with Crippen molar-refractivity contribution < 1.29 is 9.53 Å². The van der Waals surface area contributed by atoms with Crippen LogP contribution in [0.4, 0.5) is 0 Å². The zero-order chi connectivity index (χ0) is 16.1. The molecule has 0 bridgehead atoms. The predicted octanol–water partition coefficient (Wildman–Crippen LogP) is 2.80. The number of aromatic nitrogens is 3. The van der Waals surface area contributed by atoms with Gasteiger partial charge in [-0.1, -0.05) is 11.6 Å². The molecule has 3 aromatic heterocycles. The first-order chi connectivity index (χ1) is 11.1. The fourth-order valence-corrected chi connectivity index (χ4v) is 3.96. The van der Waals surface area contributed by atoms with Gasteiger partial charge in [0.2, 0.25) is 0 Å². The zero-order valence-electron chi connectivity index (χ0n) is 12.4. The molecule has 0 aromatic carbocycles. The Morgan fingerprint density at radius 1 is 1.48 bits per heavy atom. The highest BCUT2D eigenvalue weighted by molar-refractivity contribution is 7.22. The minimum absolute atomic E-state index is 0.164. The minimum atomic E-state index is -0.454. The summed E-state index contributed by atoms with van der Waals surface area (Å²) >= 11 is 7.52. The van der Waals surface area contributed by atoms with E-state index in [-0.39, 0.29) is 18.7 Å². The standard InChI is InChI=1S/C15H14ClN3O3S/c1-2-22-12(20)7-18-14(21)10-5-9-6-11(16)23-15(9)19(10)13(17-18)8-3-4-8/h5-6,8H,2-4,7H2,1H3. The maximum absolute atomic E-state index is 12.7. The average molecular weight is 352 g/mol. The molecular weight excluding hydrogens is 338 g/mol. The van der Waals surface area contributed by atoms with Crippen molar-refractivity contribution in [2.75, 3.05) is 6.61 Å². The predicted molar refractivity (Wildman–Crippen MR) is 88.5 cm³/mol. The van der Waals surface area contributed by atoms with Gasteiger partial charge in [0.25, 0.3) is 5.56 Å². The number of hydrogen-bond acceptors (Lipinski definition) is 5. The lowest BCUT2D eigenvalue weighted by Crippen LogP contribution is -2.30. The number of carbonyl (C=O) groups is 1. The summed E-state index contributed by atoms with van der Waals surface area (Å²) in [5, 5.41) is 5.37. The summed E-state index contributed by atoms with van der Waals surface area (Å²) in [6, 6.07) is 3.66. The van der Waals surface area contributed by atoms with E-state index in [0.29, 0.717) is 15.8 Å². The molecular formula is C15H14ClN3O3S. The number of halogens is 1. The molecule has 0 aliphatic heterocycles. The molecule has 3 heterocycles. The molecule has 0 radical (unpaired) electrons. The van der Waals surface area contributed by atoms with Gasteiger partial charge in [-0.15, -0.1) is 11.3 Å². The van der Waals surface area contributed by atoms with Crippen LogP contribution in [0.25, 0.3) is 15.7 Å². The third-order valence-corrected chi connectivity index (χ3v) is 5.14. The van der Waals surface area contributed by atoms with Gasteiger partial charge in [-0.05, 0) is 31.9 Å². The quantitative estimate of drug-likeness (QED) is 0.678. The molecule has 23 heavy (non-hydrogen) atoms. The van der Waals surface area contributed by atoms with Gasteiger partial charge in [-0.3, -0.25) is 14.0 Å². The number of nitrogens with zero attached hydrogens (tertiary/aromatic N) is 3. The van der Waals surface area contributed by atoms with Crippen LogP contribution in [0, 0.1) is 0 Å². The van der Waals surface area contributed by atoms with E-state index in [1.807, 2.05) is 16.5 Å². The van der Waals surface area contributed by atoms with E-state index in [4.69, 9.17) is 16.3 Å². The second-order valence-corrected chi connectivity index (χ2v) is 7.24.